The first-order valence-electron chi connectivity index (χ1n) is 7.39. The van der Waals surface area contributed by atoms with Crippen LogP contribution in [0.4, 0.5) is 5.82 Å². The lowest BCUT2D eigenvalue weighted by Gasteiger charge is -2.14. The predicted octanol–water partition coefficient (Wildman–Crippen LogP) is 1.54. The molecule has 2 amide bonds. The first-order valence-corrected chi connectivity index (χ1v) is 7.39. The zero-order valence-electron chi connectivity index (χ0n) is 13.7. The molecular weight excluding hydrogens is 312 g/mol. The van der Waals surface area contributed by atoms with Crippen molar-refractivity contribution in [3.05, 3.63) is 35.0 Å². The Bertz CT molecular complexity index is 777. The maximum absolute atomic E-state index is 12.7. The standard InChI is InChI=1S/C16H18N4O4/c1-9(21)20-7-10-11(8-20)18-19-15(10)17-16(22)14-12(23-2)5-4-6-13(14)24-3/h4-6H,7-8H2,1-3H3,(H2,17,18,19,22). The quantitative estimate of drug-likeness (QED) is 0.886. The van der Waals surface area contributed by atoms with E-state index >= 15 is 0 Å². The van der Waals surface area contributed by atoms with Crippen molar-refractivity contribution in [3.63, 3.8) is 0 Å². The number of methoxy groups -OCH3 is 2. The average Bonchev–Trinajstić information content (AvgIpc) is 3.16. The Labute approximate surface area is 138 Å². The number of fused-ring (bicyclic) bond motifs is 1. The summed E-state index contributed by atoms with van der Waals surface area (Å²) >= 11 is 0. The summed E-state index contributed by atoms with van der Waals surface area (Å²) in [7, 11) is 2.98. The molecule has 0 bridgehead atoms. The monoisotopic (exact) mass is 330 g/mol. The molecule has 1 aliphatic rings. The summed E-state index contributed by atoms with van der Waals surface area (Å²) in [5.41, 5.74) is 1.93. The van der Waals surface area contributed by atoms with E-state index in [1.54, 1.807) is 23.1 Å². The van der Waals surface area contributed by atoms with Gasteiger partial charge in [0.1, 0.15) is 17.1 Å². The number of amides is 2. The van der Waals surface area contributed by atoms with Gasteiger partial charge in [0.05, 0.1) is 33.0 Å². The molecular formula is C16H18N4O4. The van der Waals surface area contributed by atoms with Crippen LogP contribution in [0.2, 0.25) is 0 Å². The molecule has 0 saturated carbocycles. The summed E-state index contributed by atoms with van der Waals surface area (Å²) in [6, 6.07) is 5.11. The smallest absolute Gasteiger partial charge is 0.264 e. The van der Waals surface area contributed by atoms with Crippen molar-refractivity contribution in [2.75, 3.05) is 19.5 Å². The Hall–Kier alpha value is -3.03. The van der Waals surface area contributed by atoms with Crippen LogP contribution in [-0.2, 0) is 17.9 Å². The number of nitrogens with zero attached hydrogens (tertiary/aromatic N) is 2. The third kappa shape index (κ3) is 2.66. The molecule has 0 atom stereocenters. The fourth-order valence-electron chi connectivity index (χ4n) is 2.71. The van der Waals surface area contributed by atoms with Crippen molar-refractivity contribution in [2.24, 2.45) is 0 Å². The van der Waals surface area contributed by atoms with Crippen LogP contribution in [0.25, 0.3) is 0 Å². The van der Waals surface area contributed by atoms with Crippen molar-refractivity contribution in [2.45, 2.75) is 20.0 Å². The third-order valence-corrected chi connectivity index (χ3v) is 3.98. The topological polar surface area (TPSA) is 96.6 Å². The van der Waals surface area contributed by atoms with Crippen LogP contribution in [0.5, 0.6) is 11.5 Å². The molecule has 24 heavy (non-hydrogen) atoms. The van der Waals surface area contributed by atoms with Crippen molar-refractivity contribution < 1.29 is 19.1 Å². The average molecular weight is 330 g/mol. The number of nitrogens with one attached hydrogen (secondary N) is 2. The van der Waals surface area contributed by atoms with Gasteiger partial charge in [-0.1, -0.05) is 6.07 Å². The lowest BCUT2D eigenvalue weighted by Crippen LogP contribution is -2.23. The molecule has 2 aromatic rings. The van der Waals surface area contributed by atoms with Gasteiger partial charge in [0.2, 0.25) is 5.91 Å². The molecule has 3 rings (SSSR count). The Morgan fingerprint density at radius 1 is 1.21 bits per heavy atom. The molecule has 8 heteroatoms. The maximum Gasteiger partial charge on any atom is 0.264 e. The minimum absolute atomic E-state index is 0.0247. The molecule has 0 spiro atoms. The molecule has 0 fully saturated rings. The van der Waals surface area contributed by atoms with E-state index in [9.17, 15) is 9.59 Å². The Morgan fingerprint density at radius 2 is 1.88 bits per heavy atom. The van der Waals surface area contributed by atoms with E-state index in [4.69, 9.17) is 9.47 Å². The summed E-state index contributed by atoms with van der Waals surface area (Å²) in [6.45, 7) is 2.39. The van der Waals surface area contributed by atoms with Crippen LogP contribution in [0.3, 0.4) is 0 Å². The van der Waals surface area contributed by atoms with E-state index in [0.717, 1.165) is 11.3 Å². The number of carbonyl (C=O) groups is 2. The van der Waals surface area contributed by atoms with Crippen LogP contribution in [0, 0.1) is 0 Å². The first-order chi connectivity index (χ1) is 11.5. The summed E-state index contributed by atoms with van der Waals surface area (Å²) < 4.78 is 10.5. The normalized spacial score (nSPS) is 12.7. The summed E-state index contributed by atoms with van der Waals surface area (Å²) in [6.07, 6.45) is 0. The van der Waals surface area contributed by atoms with E-state index in [0.29, 0.717) is 36.0 Å². The highest BCUT2D eigenvalue weighted by molar-refractivity contribution is 6.08. The van der Waals surface area contributed by atoms with Crippen LogP contribution in [-0.4, -0.2) is 41.1 Å². The minimum atomic E-state index is -0.389. The number of hydrogen-bond donors (Lipinski definition) is 2. The summed E-state index contributed by atoms with van der Waals surface area (Å²) in [4.78, 5) is 25.9. The van der Waals surface area contributed by atoms with Gasteiger partial charge in [-0.05, 0) is 12.1 Å². The van der Waals surface area contributed by atoms with Gasteiger partial charge in [0.15, 0.2) is 5.82 Å². The van der Waals surface area contributed by atoms with E-state index in [1.807, 2.05) is 0 Å². The van der Waals surface area contributed by atoms with E-state index in [1.165, 1.54) is 21.1 Å². The number of carbonyl (C=O) groups excluding carboxylic acids is 2. The lowest BCUT2D eigenvalue weighted by molar-refractivity contribution is -0.129. The molecule has 2 heterocycles. The third-order valence-electron chi connectivity index (χ3n) is 3.98. The van der Waals surface area contributed by atoms with Crippen molar-refractivity contribution in [1.82, 2.24) is 15.1 Å². The van der Waals surface area contributed by atoms with Gasteiger partial charge < -0.3 is 19.7 Å². The highest BCUT2D eigenvalue weighted by Crippen LogP contribution is 2.31. The molecule has 8 nitrogen and oxygen atoms in total. The molecule has 0 unspecified atom stereocenters. The molecule has 1 aromatic heterocycles. The van der Waals surface area contributed by atoms with Crippen LogP contribution in [0.15, 0.2) is 18.2 Å². The SMILES string of the molecule is COc1cccc(OC)c1C(=O)Nc1n[nH]c2c1CN(C(C)=O)C2. The zero-order valence-corrected chi connectivity index (χ0v) is 13.7. The number of rotatable bonds is 4. The molecule has 1 aromatic carbocycles. The maximum atomic E-state index is 12.7. The largest absolute Gasteiger partial charge is 0.496 e. The number of ether oxygens (including phenoxy) is 2. The van der Waals surface area contributed by atoms with E-state index in [2.05, 4.69) is 15.5 Å². The van der Waals surface area contributed by atoms with E-state index < -0.39 is 0 Å². The Morgan fingerprint density at radius 3 is 2.46 bits per heavy atom. The molecule has 0 radical (unpaired) electrons. The Kier molecular flexibility index (Phi) is 4.11. The van der Waals surface area contributed by atoms with Gasteiger partial charge >= 0.3 is 0 Å². The molecule has 1 aliphatic heterocycles. The predicted molar refractivity (Wildman–Crippen MR) is 86.0 cm³/mol. The molecule has 0 saturated heterocycles. The number of hydrogen-bond acceptors (Lipinski definition) is 5. The van der Waals surface area contributed by atoms with Crippen molar-refractivity contribution >= 4 is 17.6 Å². The number of anilines is 1. The number of benzene rings is 1. The van der Waals surface area contributed by atoms with Gasteiger partial charge in [-0.25, -0.2) is 0 Å². The van der Waals surface area contributed by atoms with Crippen molar-refractivity contribution in [3.8, 4) is 11.5 Å². The molecule has 2 N–H and O–H groups in total. The van der Waals surface area contributed by atoms with Gasteiger partial charge in [0.25, 0.3) is 5.91 Å². The second-order valence-electron chi connectivity index (χ2n) is 5.40. The van der Waals surface area contributed by atoms with Gasteiger partial charge in [-0.3, -0.25) is 14.7 Å². The summed E-state index contributed by atoms with van der Waals surface area (Å²) in [5.74, 6) is 0.809. The van der Waals surface area contributed by atoms with Crippen LogP contribution >= 0.6 is 0 Å². The second-order valence-corrected chi connectivity index (χ2v) is 5.40. The summed E-state index contributed by atoms with van der Waals surface area (Å²) in [5, 5.41) is 9.76. The number of aromatic amines is 1. The van der Waals surface area contributed by atoms with Crippen LogP contribution in [0.1, 0.15) is 28.5 Å². The zero-order chi connectivity index (χ0) is 17.3. The lowest BCUT2D eigenvalue weighted by atomic mass is 10.1. The fraction of sp³-hybridized carbons (Fsp3) is 0.312. The highest BCUT2D eigenvalue weighted by Gasteiger charge is 2.28. The van der Waals surface area contributed by atoms with E-state index in [-0.39, 0.29) is 11.8 Å². The van der Waals surface area contributed by atoms with Gasteiger partial charge in [0, 0.05) is 12.5 Å². The van der Waals surface area contributed by atoms with Gasteiger partial charge in [-0.15, -0.1) is 0 Å². The van der Waals surface area contributed by atoms with Gasteiger partial charge in [-0.2, -0.15) is 5.10 Å². The number of H-pyrrole nitrogens is 1. The number of aromatic nitrogens is 2. The first kappa shape index (κ1) is 15.9. The molecule has 0 aliphatic carbocycles. The minimum Gasteiger partial charge on any atom is -0.496 e. The van der Waals surface area contributed by atoms with Crippen molar-refractivity contribution in [1.29, 1.82) is 0 Å². The second kappa shape index (κ2) is 6.23. The Balaban J connectivity index is 1.87. The highest BCUT2D eigenvalue weighted by atomic mass is 16.5. The fourth-order valence-corrected chi connectivity index (χ4v) is 2.71. The molecule has 126 valence electrons. The van der Waals surface area contributed by atoms with Crippen LogP contribution < -0.4 is 14.8 Å².